The van der Waals surface area contributed by atoms with Crippen molar-refractivity contribution in [2.75, 3.05) is 25.0 Å². The number of hydrogen-bond donors (Lipinski definition) is 1. The zero-order chi connectivity index (χ0) is 18.4. The number of amides is 1. The Morgan fingerprint density at radius 2 is 2.15 bits per heavy atom. The van der Waals surface area contributed by atoms with E-state index in [4.69, 9.17) is 4.74 Å². The number of anilines is 1. The molecule has 1 aliphatic heterocycles. The number of ether oxygens (including phenoxy) is 1. The average molecular weight is 373 g/mol. The van der Waals surface area contributed by atoms with E-state index in [-0.39, 0.29) is 17.8 Å². The molecule has 26 heavy (non-hydrogen) atoms. The molecule has 0 aliphatic carbocycles. The largest absolute Gasteiger partial charge is 0.461 e. The van der Waals surface area contributed by atoms with Crippen molar-refractivity contribution in [3.63, 3.8) is 0 Å². The van der Waals surface area contributed by atoms with Crippen LogP contribution in [0, 0.1) is 5.92 Å². The highest BCUT2D eigenvalue weighted by atomic mass is 32.1. The number of para-hydroxylation sites is 1. The van der Waals surface area contributed by atoms with Gasteiger partial charge in [-0.2, -0.15) is 0 Å². The van der Waals surface area contributed by atoms with E-state index in [9.17, 15) is 9.59 Å². The van der Waals surface area contributed by atoms with Crippen LogP contribution in [-0.2, 0) is 16.1 Å². The Labute approximate surface area is 157 Å². The van der Waals surface area contributed by atoms with Crippen molar-refractivity contribution in [2.24, 2.45) is 5.92 Å². The maximum Gasteiger partial charge on any atom is 0.367 e. The van der Waals surface area contributed by atoms with Gasteiger partial charge in [0, 0.05) is 24.2 Å². The van der Waals surface area contributed by atoms with E-state index in [0.29, 0.717) is 24.7 Å². The van der Waals surface area contributed by atoms with Crippen LogP contribution >= 0.6 is 11.3 Å². The molecule has 1 fully saturated rings. The third-order valence-corrected chi connectivity index (χ3v) is 5.18. The molecular weight excluding hydrogens is 350 g/mol. The van der Waals surface area contributed by atoms with Gasteiger partial charge >= 0.3 is 5.97 Å². The Kier molecular flexibility index (Phi) is 6.35. The van der Waals surface area contributed by atoms with E-state index >= 15 is 0 Å². The van der Waals surface area contributed by atoms with Gasteiger partial charge < -0.3 is 10.1 Å². The SMILES string of the molecule is CCOC(=O)c1nc(CN2CCCC(C(=O)Nc3ccccc3)C2)cs1. The second-order valence-electron chi connectivity index (χ2n) is 6.29. The topological polar surface area (TPSA) is 71.5 Å². The van der Waals surface area contributed by atoms with Crippen LogP contribution in [0.15, 0.2) is 35.7 Å². The summed E-state index contributed by atoms with van der Waals surface area (Å²) in [6.07, 6.45) is 1.86. The minimum Gasteiger partial charge on any atom is -0.461 e. The first-order valence-electron chi connectivity index (χ1n) is 8.85. The molecule has 0 saturated carbocycles. The van der Waals surface area contributed by atoms with Gasteiger partial charge in [0.2, 0.25) is 10.9 Å². The van der Waals surface area contributed by atoms with Crippen LogP contribution in [0.2, 0.25) is 0 Å². The molecule has 0 bridgehead atoms. The van der Waals surface area contributed by atoms with Gasteiger partial charge in [0.25, 0.3) is 0 Å². The fraction of sp³-hybridized carbons (Fsp3) is 0.421. The van der Waals surface area contributed by atoms with Gasteiger partial charge in [-0.25, -0.2) is 9.78 Å². The molecule has 2 heterocycles. The Morgan fingerprint density at radius 1 is 1.35 bits per heavy atom. The number of thiazole rings is 1. The summed E-state index contributed by atoms with van der Waals surface area (Å²) in [6, 6.07) is 9.53. The molecule has 0 radical (unpaired) electrons. The predicted octanol–water partition coefficient (Wildman–Crippen LogP) is 3.17. The lowest BCUT2D eigenvalue weighted by Crippen LogP contribution is -2.40. The molecule has 2 aromatic rings. The lowest BCUT2D eigenvalue weighted by atomic mass is 9.97. The van der Waals surface area contributed by atoms with Crippen LogP contribution < -0.4 is 5.32 Å². The molecule has 138 valence electrons. The maximum absolute atomic E-state index is 12.5. The number of esters is 1. The van der Waals surface area contributed by atoms with Gasteiger partial charge in [0.1, 0.15) is 0 Å². The van der Waals surface area contributed by atoms with Crippen molar-refractivity contribution in [1.82, 2.24) is 9.88 Å². The Hall–Kier alpha value is -2.25. The second-order valence-corrected chi connectivity index (χ2v) is 7.15. The first-order chi connectivity index (χ1) is 12.7. The van der Waals surface area contributed by atoms with Gasteiger partial charge in [-0.1, -0.05) is 18.2 Å². The van der Waals surface area contributed by atoms with Crippen molar-refractivity contribution in [2.45, 2.75) is 26.3 Å². The lowest BCUT2D eigenvalue weighted by molar-refractivity contribution is -0.121. The molecule has 1 amide bonds. The lowest BCUT2D eigenvalue weighted by Gasteiger charge is -2.31. The maximum atomic E-state index is 12.5. The smallest absolute Gasteiger partial charge is 0.367 e. The number of likely N-dealkylation sites (tertiary alicyclic amines) is 1. The number of nitrogens with one attached hydrogen (secondary N) is 1. The molecule has 1 N–H and O–H groups in total. The molecule has 1 saturated heterocycles. The number of benzene rings is 1. The molecule has 7 heteroatoms. The molecule has 1 aromatic heterocycles. The van der Waals surface area contributed by atoms with Crippen LogP contribution in [0.4, 0.5) is 5.69 Å². The zero-order valence-electron chi connectivity index (χ0n) is 14.8. The molecule has 0 spiro atoms. The number of carbonyl (C=O) groups is 2. The number of carbonyl (C=O) groups excluding carboxylic acids is 2. The van der Waals surface area contributed by atoms with Gasteiger partial charge in [-0.05, 0) is 38.4 Å². The summed E-state index contributed by atoms with van der Waals surface area (Å²) in [6.45, 7) is 4.40. The highest BCUT2D eigenvalue weighted by molar-refractivity contribution is 7.11. The normalized spacial score (nSPS) is 17.7. The van der Waals surface area contributed by atoms with Crippen molar-refractivity contribution >= 4 is 28.9 Å². The van der Waals surface area contributed by atoms with E-state index in [1.165, 1.54) is 11.3 Å². The Bertz CT molecular complexity index is 747. The van der Waals surface area contributed by atoms with Crippen LogP contribution in [0.25, 0.3) is 0 Å². The number of rotatable bonds is 6. The third-order valence-electron chi connectivity index (χ3n) is 4.31. The summed E-state index contributed by atoms with van der Waals surface area (Å²) < 4.78 is 4.98. The summed E-state index contributed by atoms with van der Waals surface area (Å²) in [7, 11) is 0. The van der Waals surface area contributed by atoms with Crippen LogP contribution in [0.1, 0.15) is 35.3 Å². The van der Waals surface area contributed by atoms with Gasteiger partial charge in [-0.3, -0.25) is 9.69 Å². The van der Waals surface area contributed by atoms with E-state index in [2.05, 4.69) is 15.2 Å². The molecule has 6 nitrogen and oxygen atoms in total. The van der Waals surface area contributed by atoms with Crippen molar-refractivity contribution in [3.05, 3.63) is 46.4 Å². The summed E-state index contributed by atoms with van der Waals surface area (Å²) in [5, 5.41) is 5.26. The van der Waals surface area contributed by atoms with Gasteiger partial charge in [0.15, 0.2) is 0 Å². The molecule has 1 aliphatic rings. The summed E-state index contributed by atoms with van der Waals surface area (Å²) >= 11 is 1.30. The summed E-state index contributed by atoms with van der Waals surface area (Å²) in [5.74, 6) is -0.346. The van der Waals surface area contributed by atoms with Crippen LogP contribution in [0.3, 0.4) is 0 Å². The minimum absolute atomic E-state index is 0.0351. The molecule has 3 rings (SSSR count). The first kappa shape index (κ1) is 18.5. The van der Waals surface area contributed by atoms with E-state index in [0.717, 1.165) is 30.8 Å². The average Bonchev–Trinajstić information content (AvgIpc) is 3.11. The monoisotopic (exact) mass is 373 g/mol. The fourth-order valence-electron chi connectivity index (χ4n) is 3.07. The third kappa shape index (κ3) is 4.89. The Balaban J connectivity index is 1.55. The second kappa shape index (κ2) is 8.91. The molecule has 1 aromatic carbocycles. The molecule has 1 unspecified atom stereocenters. The van der Waals surface area contributed by atoms with Gasteiger partial charge in [0.05, 0.1) is 18.2 Å². The zero-order valence-corrected chi connectivity index (χ0v) is 15.6. The highest BCUT2D eigenvalue weighted by Crippen LogP contribution is 2.21. The number of nitrogens with zero attached hydrogens (tertiary/aromatic N) is 2. The Morgan fingerprint density at radius 3 is 2.92 bits per heavy atom. The van der Waals surface area contributed by atoms with Crippen molar-refractivity contribution in [1.29, 1.82) is 0 Å². The number of aromatic nitrogens is 1. The quantitative estimate of drug-likeness (QED) is 0.788. The van der Waals surface area contributed by atoms with Crippen LogP contribution in [-0.4, -0.2) is 41.5 Å². The number of hydrogen-bond acceptors (Lipinski definition) is 6. The van der Waals surface area contributed by atoms with E-state index < -0.39 is 0 Å². The van der Waals surface area contributed by atoms with E-state index in [1.807, 2.05) is 35.7 Å². The minimum atomic E-state index is -0.373. The van der Waals surface area contributed by atoms with Crippen molar-refractivity contribution in [3.8, 4) is 0 Å². The summed E-state index contributed by atoms with van der Waals surface area (Å²) in [5.41, 5.74) is 1.68. The van der Waals surface area contributed by atoms with Crippen LogP contribution in [0.5, 0.6) is 0 Å². The highest BCUT2D eigenvalue weighted by Gasteiger charge is 2.26. The number of piperidine rings is 1. The first-order valence-corrected chi connectivity index (χ1v) is 9.73. The van der Waals surface area contributed by atoms with Gasteiger partial charge in [-0.15, -0.1) is 11.3 Å². The molecule has 1 atom stereocenters. The predicted molar refractivity (Wildman–Crippen MR) is 101 cm³/mol. The van der Waals surface area contributed by atoms with Crippen molar-refractivity contribution < 1.29 is 14.3 Å². The van der Waals surface area contributed by atoms with E-state index in [1.54, 1.807) is 6.92 Å². The fourth-order valence-corrected chi connectivity index (χ4v) is 3.77. The summed E-state index contributed by atoms with van der Waals surface area (Å²) in [4.78, 5) is 30.8. The standard InChI is InChI=1S/C19H23N3O3S/c1-2-25-19(24)18-21-16(13-26-18)12-22-10-6-7-14(11-22)17(23)20-15-8-4-3-5-9-15/h3-5,8-9,13-14H,2,6-7,10-12H2,1H3,(H,20,23). The molecular formula is C19H23N3O3S.